The van der Waals surface area contributed by atoms with Gasteiger partial charge in [-0.3, -0.25) is 4.79 Å². The van der Waals surface area contributed by atoms with Crippen molar-refractivity contribution in [2.24, 2.45) is 0 Å². The Hall–Kier alpha value is -2.21. The lowest BCUT2D eigenvalue weighted by Gasteiger charge is -2.46. The number of ketones is 1. The SMILES string of the molecule is O=C1CC(OCc2ccccc2)(N2CCOCC2)Oc2ccccc21. The maximum absolute atomic E-state index is 12.7. The number of para-hydroxylation sites is 1. The number of Topliss-reactive ketones (excluding diaryl/α,β-unsaturated/α-hetero) is 1. The van der Waals surface area contributed by atoms with Crippen LogP contribution in [0.3, 0.4) is 0 Å². The van der Waals surface area contributed by atoms with Gasteiger partial charge in [-0.2, -0.15) is 0 Å². The summed E-state index contributed by atoms with van der Waals surface area (Å²) in [4.78, 5) is 14.8. The Labute approximate surface area is 147 Å². The summed E-state index contributed by atoms with van der Waals surface area (Å²) in [6, 6.07) is 17.3. The second kappa shape index (κ2) is 6.96. The first-order valence-electron chi connectivity index (χ1n) is 8.59. The first kappa shape index (κ1) is 16.3. The van der Waals surface area contributed by atoms with Gasteiger partial charge in [-0.1, -0.05) is 42.5 Å². The van der Waals surface area contributed by atoms with Gasteiger partial charge in [0, 0.05) is 13.1 Å². The molecule has 5 nitrogen and oxygen atoms in total. The molecule has 1 atom stereocenters. The molecule has 2 aromatic rings. The molecule has 0 aliphatic carbocycles. The third kappa shape index (κ3) is 3.31. The molecule has 0 N–H and O–H groups in total. The minimum atomic E-state index is -1.08. The zero-order valence-corrected chi connectivity index (χ0v) is 14.0. The molecule has 4 rings (SSSR count). The average Bonchev–Trinajstić information content (AvgIpc) is 2.68. The number of rotatable bonds is 4. The molecular weight excluding hydrogens is 318 g/mol. The number of carbonyl (C=O) groups excluding carboxylic acids is 1. The van der Waals surface area contributed by atoms with Crippen molar-refractivity contribution in [2.45, 2.75) is 18.9 Å². The van der Waals surface area contributed by atoms with E-state index in [-0.39, 0.29) is 12.2 Å². The maximum atomic E-state index is 12.7. The molecule has 2 heterocycles. The number of nitrogens with zero attached hydrogens (tertiary/aromatic N) is 1. The van der Waals surface area contributed by atoms with E-state index in [2.05, 4.69) is 4.90 Å². The molecular formula is C20H21NO4. The van der Waals surface area contributed by atoms with Crippen LogP contribution in [-0.4, -0.2) is 42.9 Å². The third-order valence-corrected chi connectivity index (χ3v) is 4.64. The van der Waals surface area contributed by atoms with Crippen LogP contribution in [0, 0.1) is 0 Å². The summed E-state index contributed by atoms with van der Waals surface area (Å²) in [7, 11) is 0. The molecule has 130 valence electrons. The van der Waals surface area contributed by atoms with Crippen molar-refractivity contribution >= 4 is 5.78 Å². The van der Waals surface area contributed by atoms with Crippen molar-refractivity contribution in [1.29, 1.82) is 0 Å². The summed E-state index contributed by atoms with van der Waals surface area (Å²) in [6.45, 7) is 2.94. The zero-order chi connectivity index (χ0) is 17.1. The lowest BCUT2D eigenvalue weighted by molar-refractivity contribution is -0.291. The predicted molar refractivity (Wildman–Crippen MR) is 92.4 cm³/mol. The summed E-state index contributed by atoms with van der Waals surface area (Å²) in [6.07, 6.45) is 0.177. The zero-order valence-electron chi connectivity index (χ0n) is 14.0. The number of hydrogen-bond acceptors (Lipinski definition) is 5. The lowest BCUT2D eigenvalue weighted by Crippen LogP contribution is -2.61. The highest BCUT2D eigenvalue weighted by Gasteiger charge is 2.47. The van der Waals surface area contributed by atoms with E-state index in [1.165, 1.54) is 0 Å². The Balaban J connectivity index is 1.63. The number of fused-ring (bicyclic) bond motifs is 1. The number of ether oxygens (including phenoxy) is 3. The van der Waals surface area contributed by atoms with E-state index in [9.17, 15) is 4.79 Å². The van der Waals surface area contributed by atoms with Gasteiger partial charge in [-0.15, -0.1) is 0 Å². The smallest absolute Gasteiger partial charge is 0.280 e. The molecule has 5 heteroatoms. The van der Waals surface area contributed by atoms with Gasteiger partial charge in [0.1, 0.15) is 5.75 Å². The lowest BCUT2D eigenvalue weighted by atomic mass is 10.0. The minimum Gasteiger partial charge on any atom is -0.447 e. The summed E-state index contributed by atoms with van der Waals surface area (Å²) in [5, 5.41) is 0. The fraction of sp³-hybridized carbons (Fsp3) is 0.350. The molecule has 1 fully saturated rings. The predicted octanol–water partition coefficient (Wildman–Crippen LogP) is 2.85. The van der Waals surface area contributed by atoms with Gasteiger partial charge in [0.05, 0.1) is 31.8 Å². The topological polar surface area (TPSA) is 48.0 Å². The van der Waals surface area contributed by atoms with Gasteiger partial charge < -0.3 is 14.2 Å². The first-order chi connectivity index (χ1) is 12.3. The van der Waals surface area contributed by atoms with Crippen molar-refractivity contribution in [2.75, 3.05) is 26.3 Å². The highest BCUT2D eigenvalue weighted by atomic mass is 16.7. The Morgan fingerprint density at radius 1 is 1.00 bits per heavy atom. The Bertz CT molecular complexity index is 742. The molecule has 0 saturated carbocycles. The van der Waals surface area contributed by atoms with Crippen molar-refractivity contribution in [1.82, 2.24) is 4.90 Å². The second-order valence-electron chi connectivity index (χ2n) is 6.28. The van der Waals surface area contributed by atoms with Crippen LogP contribution in [0.15, 0.2) is 54.6 Å². The maximum Gasteiger partial charge on any atom is 0.280 e. The molecule has 0 amide bonds. The Kier molecular flexibility index (Phi) is 4.53. The Morgan fingerprint density at radius 3 is 2.52 bits per heavy atom. The minimum absolute atomic E-state index is 0.0430. The van der Waals surface area contributed by atoms with Gasteiger partial charge in [-0.25, -0.2) is 4.90 Å². The largest absolute Gasteiger partial charge is 0.447 e. The van der Waals surface area contributed by atoms with Gasteiger partial charge in [0.2, 0.25) is 0 Å². The van der Waals surface area contributed by atoms with Crippen LogP contribution in [0.4, 0.5) is 0 Å². The molecule has 1 unspecified atom stereocenters. The second-order valence-corrected chi connectivity index (χ2v) is 6.28. The summed E-state index contributed by atoms with van der Waals surface area (Å²) in [5.74, 6) is -0.454. The van der Waals surface area contributed by atoms with Crippen molar-refractivity contribution in [3.8, 4) is 5.75 Å². The van der Waals surface area contributed by atoms with E-state index < -0.39 is 5.91 Å². The molecule has 1 saturated heterocycles. The van der Waals surface area contributed by atoms with Gasteiger partial charge in [0.15, 0.2) is 5.78 Å². The molecule has 2 aromatic carbocycles. The van der Waals surface area contributed by atoms with Crippen LogP contribution < -0.4 is 4.74 Å². The highest BCUT2D eigenvalue weighted by molar-refractivity contribution is 6.00. The number of morpholine rings is 1. The molecule has 2 aliphatic rings. The monoisotopic (exact) mass is 339 g/mol. The Morgan fingerprint density at radius 2 is 1.72 bits per heavy atom. The van der Waals surface area contributed by atoms with E-state index in [1.807, 2.05) is 48.5 Å². The third-order valence-electron chi connectivity index (χ3n) is 4.64. The van der Waals surface area contributed by atoms with Gasteiger partial charge >= 0.3 is 0 Å². The van der Waals surface area contributed by atoms with Crippen molar-refractivity contribution in [3.63, 3.8) is 0 Å². The molecule has 0 spiro atoms. The van der Waals surface area contributed by atoms with E-state index >= 15 is 0 Å². The number of benzene rings is 2. The van der Waals surface area contributed by atoms with Crippen LogP contribution in [-0.2, 0) is 16.1 Å². The summed E-state index contributed by atoms with van der Waals surface area (Å²) < 4.78 is 18.0. The fourth-order valence-electron chi connectivity index (χ4n) is 3.31. The van der Waals surface area contributed by atoms with Crippen LogP contribution >= 0.6 is 0 Å². The summed E-state index contributed by atoms with van der Waals surface area (Å²) in [5.41, 5.74) is 1.67. The molecule has 2 aliphatic heterocycles. The average molecular weight is 339 g/mol. The van der Waals surface area contributed by atoms with E-state index in [0.717, 1.165) is 5.56 Å². The van der Waals surface area contributed by atoms with Crippen LogP contribution in [0.25, 0.3) is 0 Å². The van der Waals surface area contributed by atoms with E-state index in [1.54, 1.807) is 6.07 Å². The summed E-state index contributed by atoms with van der Waals surface area (Å²) >= 11 is 0. The molecule has 0 bridgehead atoms. The van der Waals surface area contributed by atoms with Crippen molar-refractivity contribution in [3.05, 3.63) is 65.7 Å². The number of carbonyl (C=O) groups is 1. The fourth-order valence-corrected chi connectivity index (χ4v) is 3.31. The van der Waals surface area contributed by atoms with E-state index in [0.29, 0.717) is 44.2 Å². The highest BCUT2D eigenvalue weighted by Crippen LogP contribution is 2.37. The van der Waals surface area contributed by atoms with Crippen LogP contribution in [0.1, 0.15) is 22.3 Å². The quantitative estimate of drug-likeness (QED) is 0.857. The van der Waals surface area contributed by atoms with Gasteiger partial charge in [-0.05, 0) is 17.7 Å². The van der Waals surface area contributed by atoms with Crippen LogP contribution in [0.5, 0.6) is 5.75 Å². The van der Waals surface area contributed by atoms with Gasteiger partial charge in [0.25, 0.3) is 5.91 Å². The van der Waals surface area contributed by atoms with E-state index in [4.69, 9.17) is 14.2 Å². The first-order valence-corrected chi connectivity index (χ1v) is 8.59. The standard InChI is InChI=1S/C20H21NO4/c22-18-14-20(21-10-12-23-13-11-21,24-15-16-6-2-1-3-7-16)25-19-9-5-4-8-17(18)19/h1-9H,10-15H2. The van der Waals surface area contributed by atoms with Crippen molar-refractivity contribution < 1.29 is 19.0 Å². The number of hydrogen-bond donors (Lipinski definition) is 0. The molecule has 0 radical (unpaired) electrons. The molecule has 0 aromatic heterocycles. The normalized spacial score (nSPS) is 23.8. The molecule has 25 heavy (non-hydrogen) atoms. The van der Waals surface area contributed by atoms with Crippen LogP contribution in [0.2, 0.25) is 0 Å².